The van der Waals surface area contributed by atoms with Crippen molar-refractivity contribution >= 4 is 71.7 Å². The van der Waals surface area contributed by atoms with E-state index in [-0.39, 0.29) is 0 Å². The van der Waals surface area contributed by atoms with Gasteiger partial charge in [-0.05, 0) is 92.0 Å². The number of hydrogen-bond donors (Lipinski definition) is 2. The number of aromatic nitrogens is 1. The van der Waals surface area contributed by atoms with Crippen LogP contribution < -0.4 is 11.7 Å². The van der Waals surface area contributed by atoms with Gasteiger partial charge in [0.15, 0.2) is 0 Å². The lowest BCUT2D eigenvalue weighted by atomic mass is 9.95. The van der Waals surface area contributed by atoms with Crippen molar-refractivity contribution in [1.82, 2.24) is 4.57 Å². The molecular weight excluding hydrogens is 747 g/mol. The molecule has 2 aromatic heterocycles. The molecule has 0 saturated carbocycles. The summed E-state index contributed by atoms with van der Waals surface area (Å²) >= 11 is 1.80. The molecule has 0 aliphatic heterocycles. The van der Waals surface area contributed by atoms with E-state index in [0.717, 1.165) is 0 Å². The van der Waals surface area contributed by atoms with E-state index in [1.165, 1.54) is 103 Å². The van der Waals surface area contributed by atoms with Gasteiger partial charge in [0, 0.05) is 37.8 Å². The summed E-state index contributed by atoms with van der Waals surface area (Å²) < 4.78 is 3.82. The highest BCUT2D eigenvalue weighted by atomic mass is 32.1. The van der Waals surface area contributed by atoms with Gasteiger partial charge in [-0.25, -0.2) is 0 Å². The molecule has 0 amide bonds. The lowest BCUT2D eigenvalue weighted by molar-refractivity contribution is 0.901. The summed E-state index contributed by atoms with van der Waals surface area (Å²) in [5, 5.41) is 6.36. The third-order valence-electron chi connectivity index (χ3n) is 11.4. The molecular formula is C56H45N3S. The maximum atomic E-state index is 4.10. The fourth-order valence-electron chi connectivity index (χ4n) is 8.69. The van der Waals surface area contributed by atoms with Crippen molar-refractivity contribution in [3.8, 4) is 33.4 Å². The summed E-state index contributed by atoms with van der Waals surface area (Å²) in [6.07, 6.45) is 8.72. The third kappa shape index (κ3) is 7.08. The molecule has 0 atom stereocenters. The maximum absolute atomic E-state index is 4.10. The zero-order valence-electron chi connectivity index (χ0n) is 33.6. The van der Waals surface area contributed by atoms with Gasteiger partial charge in [0.05, 0.1) is 11.0 Å². The molecule has 2 heterocycles. The molecule has 0 saturated heterocycles. The molecule has 0 bridgehead atoms. The number of hydrazine groups is 1. The molecule has 3 nitrogen and oxygen atoms in total. The van der Waals surface area contributed by atoms with E-state index < -0.39 is 0 Å². The van der Waals surface area contributed by atoms with Gasteiger partial charge >= 0.3 is 0 Å². The van der Waals surface area contributed by atoms with Crippen molar-refractivity contribution in [1.29, 1.82) is 0 Å². The fraction of sp³-hybridized carbons (Fsp3) is 0.0357. The second kappa shape index (κ2) is 17.0. The topological polar surface area (TPSA) is 57.0 Å². The molecule has 60 heavy (non-hydrogen) atoms. The third-order valence-corrected chi connectivity index (χ3v) is 12.6. The van der Waals surface area contributed by atoms with Crippen molar-refractivity contribution < 1.29 is 0 Å². The van der Waals surface area contributed by atoms with Gasteiger partial charge in [-0.15, -0.1) is 11.3 Å². The number of nitrogens with zero attached hydrogens (tertiary/aromatic N) is 1. The monoisotopic (exact) mass is 791 g/mol. The first-order valence-electron chi connectivity index (χ1n) is 20.3. The van der Waals surface area contributed by atoms with E-state index in [2.05, 4.69) is 230 Å². The zero-order valence-corrected chi connectivity index (χ0v) is 34.4. The fourth-order valence-corrected chi connectivity index (χ4v) is 9.72. The number of thiophene rings is 1. The van der Waals surface area contributed by atoms with E-state index in [9.17, 15) is 0 Å². The van der Waals surface area contributed by atoms with Crippen LogP contribution in [0.4, 0.5) is 0 Å². The van der Waals surface area contributed by atoms with E-state index >= 15 is 0 Å². The Morgan fingerprint density at radius 2 is 1.22 bits per heavy atom. The Balaban J connectivity index is 0.00000228. The van der Waals surface area contributed by atoms with Crippen molar-refractivity contribution in [2.24, 2.45) is 11.7 Å². The van der Waals surface area contributed by atoms with Crippen LogP contribution in [0.2, 0.25) is 0 Å². The summed E-state index contributed by atoms with van der Waals surface area (Å²) in [7, 11) is 0. The van der Waals surface area contributed by atoms with Crippen molar-refractivity contribution in [2.45, 2.75) is 13.5 Å². The van der Waals surface area contributed by atoms with Crippen LogP contribution in [-0.4, -0.2) is 4.57 Å². The van der Waals surface area contributed by atoms with Crippen molar-refractivity contribution in [3.05, 3.63) is 222 Å². The quantitative estimate of drug-likeness (QED) is 0.113. The van der Waals surface area contributed by atoms with Crippen LogP contribution in [0.5, 0.6) is 0 Å². The normalized spacial score (nSPS) is 11.8. The van der Waals surface area contributed by atoms with Crippen LogP contribution in [0.3, 0.4) is 0 Å². The molecule has 0 aliphatic carbocycles. The van der Waals surface area contributed by atoms with Gasteiger partial charge in [-0.3, -0.25) is 11.7 Å². The average Bonchev–Trinajstić information content (AvgIpc) is 3.85. The predicted octanol–water partition coefficient (Wildman–Crippen LogP) is 14.8. The minimum absolute atomic E-state index is 0.702. The first kappa shape index (κ1) is 38.4. The lowest BCUT2D eigenvalue weighted by Gasteiger charge is -2.14. The van der Waals surface area contributed by atoms with Crippen molar-refractivity contribution in [3.63, 3.8) is 0 Å². The molecule has 0 spiro atoms. The highest BCUT2D eigenvalue weighted by molar-refractivity contribution is 7.20. The summed E-state index contributed by atoms with van der Waals surface area (Å²) in [6, 6.07) is 66.6. The first-order valence-corrected chi connectivity index (χ1v) is 21.1. The van der Waals surface area contributed by atoms with E-state index in [0.29, 0.717) is 6.54 Å². The van der Waals surface area contributed by atoms with Crippen LogP contribution in [0.25, 0.3) is 93.8 Å². The minimum atomic E-state index is 0.702. The predicted molar refractivity (Wildman–Crippen MR) is 262 cm³/mol. The Morgan fingerprint density at radius 3 is 2.00 bits per heavy atom. The van der Waals surface area contributed by atoms with Crippen LogP contribution in [0.15, 0.2) is 201 Å². The van der Waals surface area contributed by atoms with Gasteiger partial charge in [0.25, 0.3) is 0 Å². The van der Waals surface area contributed by atoms with E-state index in [1.54, 1.807) is 11.3 Å². The van der Waals surface area contributed by atoms with Crippen LogP contribution in [0, 0.1) is 0 Å². The molecule has 10 rings (SSSR count). The zero-order chi connectivity index (χ0) is 41.0. The Bertz CT molecular complexity index is 3200. The van der Waals surface area contributed by atoms with Gasteiger partial charge in [-0.2, -0.15) is 0 Å². The number of fused-ring (bicyclic) bond motifs is 6. The molecule has 0 radical (unpaired) electrons. The second-order valence-corrected chi connectivity index (χ2v) is 15.9. The highest BCUT2D eigenvalue weighted by Crippen LogP contribution is 2.42. The molecule has 0 aliphatic rings. The van der Waals surface area contributed by atoms with Crippen LogP contribution in [-0.2, 0) is 6.54 Å². The standard InChI is InChI=1S/C56H41NS.H4N2/c1-3-15-49-51-37-44(31-33-54(51)58-53(49)4-2)43-21-13-22-45(36-43)48-24-14-25-50-55-47-23-12-11-20-41(47)30-32-52(55)57(56(48)50)35-34-46(40-18-9-6-10-19-40)42-28-26-39(27-29-42)38-16-7-5-8-17-38;1-2/h3-34,36-37H,2,35H2,1H3;1-2H2/b15-3-,46-34+;. The Hall–Kier alpha value is -7.08. The summed E-state index contributed by atoms with van der Waals surface area (Å²) in [5.41, 5.74) is 14.6. The number of hydrogen-bond acceptors (Lipinski definition) is 3. The minimum Gasteiger partial charge on any atom is -0.336 e. The number of para-hydroxylation sites is 1. The molecule has 290 valence electrons. The molecule has 10 aromatic rings. The van der Waals surface area contributed by atoms with Gasteiger partial charge < -0.3 is 4.57 Å². The maximum Gasteiger partial charge on any atom is 0.0574 e. The van der Waals surface area contributed by atoms with Crippen molar-refractivity contribution in [2.75, 3.05) is 0 Å². The Labute approximate surface area is 355 Å². The van der Waals surface area contributed by atoms with Gasteiger partial charge in [-0.1, -0.05) is 189 Å². The lowest BCUT2D eigenvalue weighted by Crippen LogP contribution is -2.02. The van der Waals surface area contributed by atoms with E-state index in [1.807, 2.05) is 6.08 Å². The van der Waals surface area contributed by atoms with Crippen LogP contribution >= 0.6 is 11.3 Å². The molecule has 0 unspecified atom stereocenters. The summed E-state index contributed by atoms with van der Waals surface area (Å²) in [6.45, 7) is 6.88. The van der Waals surface area contributed by atoms with E-state index in [4.69, 9.17) is 0 Å². The first-order chi connectivity index (χ1) is 29.7. The smallest absolute Gasteiger partial charge is 0.0574 e. The highest BCUT2D eigenvalue weighted by Gasteiger charge is 2.18. The number of rotatable bonds is 9. The van der Waals surface area contributed by atoms with Gasteiger partial charge in [0.2, 0.25) is 0 Å². The SMILES string of the molecule is C=Cc1sc2ccc(-c3cccc(-c4cccc5c6c7ccccc7ccc6n(C/C=C(\c6ccccc6)c6ccc(-c7ccccc7)cc6)c45)c3)cc2c1/C=C\C.NN. The number of benzene rings is 8. The second-order valence-electron chi connectivity index (χ2n) is 14.8. The van der Waals surface area contributed by atoms with Crippen LogP contribution in [0.1, 0.15) is 28.5 Å². The molecule has 4 N–H and O–H groups in total. The Kier molecular flexibility index (Phi) is 10.9. The summed E-state index contributed by atoms with van der Waals surface area (Å²) in [5.74, 6) is 8.00. The van der Waals surface area contributed by atoms with Gasteiger partial charge in [0.1, 0.15) is 0 Å². The molecule has 4 heteroatoms. The summed E-state index contributed by atoms with van der Waals surface area (Å²) in [4.78, 5) is 1.21. The molecule has 0 fully saturated rings. The Morgan fingerprint density at radius 1 is 0.583 bits per heavy atom. The largest absolute Gasteiger partial charge is 0.336 e. The molecule has 8 aromatic carbocycles. The number of allylic oxidation sites excluding steroid dienone is 2. The number of nitrogens with two attached hydrogens (primary N) is 2. The average molecular weight is 792 g/mol.